The van der Waals surface area contributed by atoms with Gasteiger partial charge in [0.1, 0.15) is 0 Å². The molecule has 6 heteroatoms. The molecule has 1 amide bonds. The molecule has 1 atom stereocenters. The standard InChI is InChI=1S/C24H23NO3S2/c26-24(21-13-7-8-14-22(21)29-20-15-16-30(27,28)17-20)25-23(18-9-3-1-4-10-18)19-11-5-2-6-12-19/h1-14,20,23H,15-17H2,(H,25,26)/t20-/m1/s1. The van der Waals surface area contributed by atoms with Crippen LogP contribution in [0.1, 0.15) is 33.9 Å². The van der Waals surface area contributed by atoms with Crippen LogP contribution in [-0.4, -0.2) is 31.1 Å². The van der Waals surface area contributed by atoms with E-state index in [1.165, 1.54) is 11.8 Å². The average Bonchev–Trinajstić information content (AvgIpc) is 3.11. The predicted molar refractivity (Wildman–Crippen MR) is 122 cm³/mol. The van der Waals surface area contributed by atoms with Crippen molar-refractivity contribution in [2.45, 2.75) is 22.6 Å². The Bertz CT molecular complexity index is 1080. The summed E-state index contributed by atoms with van der Waals surface area (Å²) in [4.78, 5) is 14.1. The lowest BCUT2D eigenvalue weighted by atomic mass is 9.98. The van der Waals surface area contributed by atoms with Crippen LogP contribution in [0.4, 0.5) is 0 Å². The molecule has 1 aliphatic rings. The molecular formula is C24H23NO3S2. The Balaban J connectivity index is 1.59. The molecule has 1 aliphatic heterocycles. The van der Waals surface area contributed by atoms with E-state index in [9.17, 15) is 13.2 Å². The van der Waals surface area contributed by atoms with Crippen molar-refractivity contribution in [1.29, 1.82) is 0 Å². The molecule has 154 valence electrons. The summed E-state index contributed by atoms with van der Waals surface area (Å²) in [5.74, 6) is 0.226. The van der Waals surface area contributed by atoms with Gasteiger partial charge in [-0.3, -0.25) is 4.79 Å². The van der Waals surface area contributed by atoms with Gasteiger partial charge in [0.25, 0.3) is 5.91 Å². The van der Waals surface area contributed by atoms with Crippen LogP contribution in [0.2, 0.25) is 0 Å². The SMILES string of the molecule is O=C(NC(c1ccccc1)c1ccccc1)c1ccccc1S[C@@H]1CCS(=O)(=O)C1. The molecule has 1 saturated heterocycles. The third-order valence-electron chi connectivity index (χ3n) is 5.16. The molecule has 0 radical (unpaired) electrons. The molecule has 3 aromatic carbocycles. The van der Waals surface area contributed by atoms with E-state index in [1.807, 2.05) is 78.9 Å². The highest BCUT2D eigenvalue weighted by Crippen LogP contribution is 2.33. The van der Waals surface area contributed by atoms with Crippen LogP contribution in [0.25, 0.3) is 0 Å². The molecule has 1 heterocycles. The van der Waals surface area contributed by atoms with Gasteiger partial charge in [-0.05, 0) is 29.7 Å². The van der Waals surface area contributed by atoms with Gasteiger partial charge in [0.2, 0.25) is 0 Å². The molecule has 0 aromatic heterocycles. The lowest BCUT2D eigenvalue weighted by molar-refractivity contribution is 0.0940. The summed E-state index contributed by atoms with van der Waals surface area (Å²) in [5.41, 5.74) is 2.58. The largest absolute Gasteiger partial charge is 0.341 e. The van der Waals surface area contributed by atoms with E-state index < -0.39 is 9.84 Å². The zero-order valence-corrected chi connectivity index (χ0v) is 18.0. The van der Waals surface area contributed by atoms with Crippen molar-refractivity contribution in [1.82, 2.24) is 5.32 Å². The van der Waals surface area contributed by atoms with E-state index in [2.05, 4.69) is 5.32 Å². The van der Waals surface area contributed by atoms with Crippen LogP contribution in [0, 0.1) is 0 Å². The summed E-state index contributed by atoms with van der Waals surface area (Å²) in [6.07, 6.45) is 0.625. The minimum absolute atomic E-state index is 0.0111. The van der Waals surface area contributed by atoms with E-state index in [0.717, 1.165) is 16.0 Å². The van der Waals surface area contributed by atoms with Gasteiger partial charge in [0.05, 0.1) is 23.1 Å². The van der Waals surface area contributed by atoms with Crippen molar-refractivity contribution < 1.29 is 13.2 Å². The predicted octanol–water partition coefficient (Wildman–Crippen LogP) is 4.49. The van der Waals surface area contributed by atoms with E-state index >= 15 is 0 Å². The smallest absolute Gasteiger partial charge is 0.253 e. The van der Waals surface area contributed by atoms with Crippen molar-refractivity contribution in [3.63, 3.8) is 0 Å². The van der Waals surface area contributed by atoms with Crippen LogP contribution >= 0.6 is 11.8 Å². The monoisotopic (exact) mass is 437 g/mol. The second-order valence-corrected chi connectivity index (χ2v) is 10.9. The molecule has 0 saturated carbocycles. The van der Waals surface area contributed by atoms with Crippen molar-refractivity contribution in [2.24, 2.45) is 0 Å². The molecule has 30 heavy (non-hydrogen) atoms. The van der Waals surface area contributed by atoms with Crippen molar-refractivity contribution in [2.75, 3.05) is 11.5 Å². The van der Waals surface area contributed by atoms with Crippen LogP contribution in [0.15, 0.2) is 89.8 Å². The fourth-order valence-electron chi connectivity index (χ4n) is 3.65. The number of nitrogens with one attached hydrogen (secondary N) is 1. The van der Waals surface area contributed by atoms with Gasteiger partial charge in [0.15, 0.2) is 9.84 Å². The van der Waals surface area contributed by atoms with E-state index in [0.29, 0.717) is 12.0 Å². The Morgan fingerprint density at radius 3 is 2.00 bits per heavy atom. The highest BCUT2D eigenvalue weighted by atomic mass is 32.2. The molecule has 3 aromatic rings. The van der Waals surface area contributed by atoms with Crippen LogP contribution in [-0.2, 0) is 9.84 Å². The minimum atomic E-state index is -2.96. The highest BCUT2D eigenvalue weighted by Gasteiger charge is 2.29. The summed E-state index contributed by atoms with van der Waals surface area (Å²) in [6, 6.07) is 26.9. The molecule has 0 bridgehead atoms. The van der Waals surface area contributed by atoms with Crippen molar-refractivity contribution in [3.8, 4) is 0 Å². The Kier molecular flexibility index (Phi) is 6.25. The first kappa shape index (κ1) is 20.7. The first-order valence-electron chi connectivity index (χ1n) is 9.89. The lowest BCUT2D eigenvalue weighted by Crippen LogP contribution is -2.29. The van der Waals surface area contributed by atoms with Crippen molar-refractivity contribution >= 4 is 27.5 Å². The average molecular weight is 438 g/mol. The summed E-state index contributed by atoms with van der Waals surface area (Å²) in [6.45, 7) is 0. The molecule has 4 rings (SSSR count). The maximum absolute atomic E-state index is 13.3. The van der Waals surface area contributed by atoms with Gasteiger partial charge in [-0.1, -0.05) is 72.8 Å². The Labute approximate surface area is 181 Å². The number of rotatable bonds is 6. The van der Waals surface area contributed by atoms with E-state index in [1.54, 1.807) is 6.07 Å². The first-order valence-corrected chi connectivity index (χ1v) is 12.6. The van der Waals surface area contributed by atoms with Crippen LogP contribution in [0.3, 0.4) is 0 Å². The van der Waals surface area contributed by atoms with Gasteiger partial charge >= 0.3 is 0 Å². The quantitative estimate of drug-likeness (QED) is 0.617. The molecule has 0 unspecified atom stereocenters. The summed E-state index contributed by atoms with van der Waals surface area (Å²) in [7, 11) is -2.96. The van der Waals surface area contributed by atoms with Crippen LogP contribution in [0.5, 0.6) is 0 Å². The highest BCUT2D eigenvalue weighted by molar-refractivity contribution is 8.02. The van der Waals surface area contributed by atoms with Gasteiger partial charge in [-0.15, -0.1) is 11.8 Å². The number of thioether (sulfide) groups is 1. The third-order valence-corrected chi connectivity index (χ3v) is 8.48. The molecule has 1 fully saturated rings. The number of carbonyl (C=O) groups excluding carboxylic acids is 1. The van der Waals surface area contributed by atoms with E-state index in [4.69, 9.17) is 0 Å². The Morgan fingerprint density at radius 1 is 0.867 bits per heavy atom. The Hall–Kier alpha value is -2.57. The third kappa shape index (κ3) is 4.94. The van der Waals surface area contributed by atoms with Gasteiger partial charge < -0.3 is 5.32 Å². The maximum atomic E-state index is 13.3. The maximum Gasteiger partial charge on any atom is 0.253 e. The number of amides is 1. The molecular weight excluding hydrogens is 414 g/mol. The zero-order chi connectivity index (χ0) is 21.0. The zero-order valence-electron chi connectivity index (χ0n) is 16.4. The number of hydrogen-bond donors (Lipinski definition) is 1. The van der Waals surface area contributed by atoms with Gasteiger partial charge in [-0.25, -0.2) is 8.42 Å². The topological polar surface area (TPSA) is 63.2 Å². The molecule has 4 nitrogen and oxygen atoms in total. The second kappa shape index (κ2) is 9.06. The van der Waals surface area contributed by atoms with E-state index in [-0.39, 0.29) is 28.7 Å². The summed E-state index contributed by atoms with van der Waals surface area (Å²) in [5, 5.41) is 3.17. The second-order valence-electron chi connectivity index (χ2n) is 7.37. The van der Waals surface area contributed by atoms with Crippen LogP contribution < -0.4 is 5.32 Å². The summed E-state index contributed by atoms with van der Waals surface area (Å²) >= 11 is 1.49. The molecule has 0 aliphatic carbocycles. The first-order chi connectivity index (χ1) is 14.5. The number of hydrogen-bond acceptors (Lipinski definition) is 4. The minimum Gasteiger partial charge on any atom is -0.341 e. The van der Waals surface area contributed by atoms with Gasteiger partial charge in [-0.2, -0.15) is 0 Å². The molecule has 0 spiro atoms. The number of benzene rings is 3. The lowest BCUT2D eigenvalue weighted by Gasteiger charge is -2.21. The fourth-order valence-corrected chi connectivity index (χ4v) is 7.28. The number of sulfone groups is 1. The Morgan fingerprint density at radius 2 is 1.43 bits per heavy atom. The van der Waals surface area contributed by atoms with Gasteiger partial charge in [0, 0.05) is 10.1 Å². The summed E-state index contributed by atoms with van der Waals surface area (Å²) < 4.78 is 23.6. The fraction of sp³-hybridized carbons (Fsp3) is 0.208. The number of carbonyl (C=O) groups is 1. The van der Waals surface area contributed by atoms with Crippen molar-refractivity contribution in [3.05, 3.63) is 102 Å². The molecule has 1 N–H and O–H groups in total. The normalized spacial score (nSPS) is 17.7.